The first-order chi connectivity index (χ1) is 13.9. The van der Waals surface area contributed by atoms with Crippen molar-refractivity contribution in [2.45, 2.75) is 19.3 Å². The van der Waals surface area contributed by atoms with E-state index in [4.69, 9.17) is 40.2 Å². The minimum absolute atomic E-state index is 0.0594. The van der Waals surface area contributed by atoms with Crippen LogP contribution in [0.5, 0.6) is 5.75 Å². The Bertz CT molecular complexity index is 876. The lowest BCUT2D eigenvalue weighted by Gasteiger charge is -2.11. The molecule has 0 fully saturated rings. The van der Waals surface area contributed by atoms with Gasteiger partial charge >= 0.3 is 0 Å². The van der Waals surface area contributed by atoms with E-state index in [0.29, 0.717) is 35.2 Å². The van der Waals surface area contributed by atoms with Gasteiger partial charge in [0.05, 0.1) is 18.1 Å². The Morgan fingerprint density at radius 3 is 2.45 bits per heavy atom. The number of hydrogen-bond donors (Lipinski definition) is 3. The number of halogens is 2. The highest BCUT2D eigenvalue weighted by molar-refractivity contribution is 7.80. The number of anilines is 1. The van der Waals surface area contributed by atoms with E-state index in [1.165, 1.54) is 0 Å². The average molecular weight is 454 g/mol. The lowest BCUT2D eigenvalue weighted by molar-refractivity contribution is -0.120. The monoisotopic (exact) mass is 453 g/mol. The second kappa shape index (κ2) is 11.6. The average Bonchev–Trinajstić information content (AvgIpc) is 2.68. The Kier molecular flexibility index (Phi) is 9.18. The maximum Gasteiger partial charge on any atom is 0.226 e. The molecule has 29 heavy (non-hydrogen) atoms. The summed E-state index contributed by atoms with van der Waals surface area (Å²) < 4.78 is 5.54. The molecule has 2 rings (SSSR count). The van der Waals surface area contributed by atoms with Crippen LogP contribution in [0.25, 0.3) is 0 Å². The standard InChI is InChI=1S/C20H21Cl2N3O3S/c1-23-19(27)11-13-4-7-15(8-5-13)24-20(29)25-18(26)3-2-10-28-17-9-6-14(21)12-16(17)22/h4-9,12H,2-3,10-11H2,1H3,(H,23,27)(H2,24,25,26,29). The number of ether oxygens (including phenoxy) is 1. The molecule has 0 atom stereocenters. The number of likely N-dealkylation sites (N-methyl/N-ethyl adjacent to an activating group) is 1. The second-order valence-corrected chi connectivity index (χ2v) is 7.33. The normalized spacial score (nSPS) is 10.2. The molecule has 0 aromatic heterocycles. The predicted molar refractivity (Wildman–Crippen MR) is 120 cm³/mol. The first-order valence-corrected chi connectivity index (χ1v) is 10.0. The van der Waals surface area contributed by atoms with Gasteiger partial charge in [-0.2, -0.15) is 0 Å². The number of nitrogens with one attached hydrogen (secondary N) is 3. The largest absolute Gasteiger partial charge is 0.492 e. The Hall–Kier alpha value is -2.35. The molecule has 0 aliphatic carbocycles. The highest BCUT2D eigenvalue weighted by Gasteiger charge is 2.07. The zero-order valence-electron chi connectivity index (χ0n) is 15.8. The molecule has 2 aromatic carbocycles. The molecule has 0 saturated heterocycles. The molecule has 154 valence electrons. The quantitative estimate of drug-likeness (QED) is 0.416. The van der Waals surface area contributed by atoms with Crippen LogP contribution in [-0.4, -0.2) is 30.6 Å². The van der Waals surface area contributed by atoms with Gasteiger partial charge in [-0.05, 0) is 54.5 Å². The van der Waals surface area contributed by atoms with Crippen molar-refractivity contribution < 1.29 is 14.3 Å². The summed E-state index contributed by atoms with van der Waals surface area (Å²) >= 11 is 17.0. The number of amides is 2. The van der Waals surface area contributed by atoms with E-state index in [1.807, 2.05) is 12.1 Å². The van der Waals surface area contributed by atoms with Gasteiger partial charge in [-0.1, -0.05) is 35.3 Å². The zero-order chi connectivity index (χ0) is 21.2. The van der Waals surface area contributed by atoms with Crippen molar-refractivity contribution in [2.24, 2.45) is 0 Å². The van der Waals surface area contributed by atoms with E-state index in [9.17, 15) is 9.59 Å². The van der Waals surface area contributed by atoms with Gasteiger partial charge in [0.1, 0.15) is 5.75 Å². The third kappa shape index (κ3) is 8.27. The van der Waals surface area contributed by atoms with Gasteiger partial charge < -0.3 is 20.7 Å². The molecule has 0 unspecified atom stereocenters. The molecule has 0 heterocycles. The summed E-state index contributed by atoms with van der Waals surface area (Å²) in [6, 6.07) is 12.2. The maximum atomic E-state index is 12.0. The van der Waals surface area contributed by atoms with Crippen LogP contribution in [0.15, 0.2) is 42.5 Å². The van der Waals surface area contributed by atoms with E-state index in [1.54, 1.807) is 37.4 Å². The van der Waals surface area contributed by atoms with E-state index in [2.05, 4.69) is 16.0 Å². The highest BCUT2D eigenvalue weighted by Crippen LogP contribution is 2.27. The van der Waals surface area contributed by atoms with Crippen molar-refractivity contribution >= 4 is 58.0 Å². The van der Waals surface area contributed by atoms with Crippen molar-refractivity contribution in [1.29, 1.82) is 0 Å². The molecule has 3 N–H and O–H groups in total. The number of thiocarbonyl (C=S) groups is 1. The summed E-state index contributed by atoms with van der Waals surface area (Å²) in [5, 5.41) is 9.29. The van der Waals surface area contributed by atoms with Gasteiger partial charge in [0.15, 0.2) is 5.11 Å². The third-order valence-corrected chi connectivity index (χ3v) is 4.54. The van der Waals surface area contributed by atoms with Crippen molar-refractivity contribution in [2.75, 3.05) is 19.0 Å². The highest BCUT2D eigenvalue weighted by atomic mass is 35.5. The molecule has 0 aliphatic rings. The Labute approximate surface area is 184 Å². The van der Waals surface area contributed by atoms with Crippen LogP contribution in [0.3, 0.4) is 0 Å². The van der Waals surface area contributed by atoms with Crippen molar-refractivity contribution in [1.82, 2.24) is 10.6 Å². The van der Waals surface area contributed by atoms with Gasteiger partial charge in [0.25, 0.3) is 0 Å². The minimum atomic E-state index is -0.218. The fourth-order valence-corrected chi connectivity index (χ4v) is 3.03. The van der Waals surface area contributed by atoms with Crippen molar-refractivity contribution in [3.8, 4) is 5.75 Å². The van der Waals surface area contributed by atoms with Crippen LogP contribution in [0.4, 0.5) is 5.69 Å². The lowest BCUT2D eigenvalue weighted by atomic mass is 10.1. The van der Waals surface area contributed by atoms with Crippen LogP contribution in [0.1, 0.15) is 18.4 Å². The molecule has 2 amide bonds. The second-order valence-electron chi connectivity index (χ2n) is 6.08. The van der Waals surface area contributed by atoms with Crippen LogP contribution >= 0.6 is 35.4 Å². The first-order valence-electron chi connectivity index (χ1n) is 8.85. The van der Waals surface area contributed by atoms with Crippen molar-refractivity contribution in [3.63, 3.8) is 0 Å². The van der Waals surface area contributed by atoms with E-state index in [-0.39, 0.29) is 23.3 Å². The topological polar surface area (TPSA) is 79.5 Å². The SMILES string of the molecule is CNC(=O)Cc1ccc(NC(=S)NC(=O)CCCOc2ccc(Cl)cc2Cl)cc1. The molecule has 0 aliphatic heterocycles. The first kappa shape index (κ1) is 22.9. The fourth-order valence-electron chi connectivity index (χ4n) is 2.34. The summed E-state index contributed by atoms with van der Waals surface area (Å²) in [6.45, 7) is 0.335. The summed E-state index contributed by atoms with van der Waals surface area (Å²) in [5.41, 5.74) is 1.60. The summed E-state index contributed by atoms with van der Waals surface area (Å²) in [7, 11) is 1.60. The number of carbonyl (C=O) groups is 2. The Balaban J connectivity index is 1.69. The lowest BCUT2D eigenvalue weighted by Crippen LogP contribution is -2.34. The molecule has 0 saturated carbocycles. The van der Waals surface area contributed by atoms with E-state index >= 15 is 0 Å². The van der Waals surface area contributed by atoms with Crippen molar-refractivity contribution in [3.05, 3.63) is 58.1 Å². The predicted octanol–water partition coefficient (Wildman–Crippen LogP) is 3.95. The summed E-state index contributed by atoms with van der Waals surface area (Å²) in [4.78, 5) is 23.4. The minimum Gasteiger partial charge on any atom is -0.492 e. The van der Waals surface area contributed by atoms with Gasteiger partial charge in [-0.25, -0.2) is 0 Å². The van der Waals surface area contributed by atoms with Crippen LogP contribution in [0, 0.1) is 0 Å². The number of carbonyl (C=O) groups excluding carboxylic acids is 2. The Morgan fingerprint density at radius 1 is 1.07 bits per heavy atom. The van der Waals surface area contributed by atoms with Crippen LogP contribution < -0.4 is 20.7 Å². The number of benzene rings is 2. The Morgan fingerprint density at radius 2 is 1.79 bits per heavy atom. The van der Waals surface area contributed by atoms with Gasteiger partial charge in [0, 0.05) is 24.2 Å². The van der Waals surface area contributed by atoms with Gasteiger partial charge in [0.2, 0.25) is 11.8 Å². The molecule has 0 radical (unpaired) electrons. The fraction of sp³-hybridized carbons (Fsp3) is 0.250. The van der Waals surface area contributed by atoms with Gasteiger partial charge in [-0.3, -0.25) is 9.59 Å². The van der Waals surface area contributed by atoms with E-state index < -0.39 is 0 Å². The third-order valence-electron chi connectivity index (χ3n) is 3.81. The molecular formula is C20H21Cl2N3O3S. The summed E-state index contributed by atoms with van der Waals surface area (Å²) in [5.74, 6) is 0.244. The molecular weight excluding hydrogens is 433 g/mol. The maximum absolute atomic E-state index is 12.0. The molecule has 9 heteroatoms. The van der Waals surface area contributed by atoms with Gasteiger partial charge in [-0.15, -0.1) is 0 Å². The van der Waals surface area contributed by atoms with Crippen LogP contribution in [-0.2, 0) is 16.0 Å². The molecule has 0 bridgehead atoms. The number of rotatable bonds is 8. The van der Waals surface area contributed by atoms with E-state index in [0.717, 1.165) is 11.3 Å². The number of hydrogen-bond acceptors (Lipinski definition) is 4. The molecule has 6 nitrogen and oxygen atoms in total. The van der Waals surface area contributed by atoms with Crippen LogP contribution in [0.2, 0.25) is 10.0 Å². The molecule has 2 aromatic rings. The smallest absolute Gasteiger partial charge is 0.226 e. The summed E-state index contributed by atoms with van der Waals surface area (Å²) in [6.07, 6.45) is 1.06. The zero-order valence-corrected chi connectivity index (χ0v) is 18.1. The molecule has 0 spiro atoms.